The Labute approximate surface area is 125 Å². The summed E-state index contributed by atoms with van der Waals surface area (Å²) in [6.45, 7) is 4.19. The molecule has 0 aliphatic carbocycles. The van der Waals surface area contributed by atoms with Gasteiger partial charge in [-0.3, -0.25) is 4.79 Å². The number of nitrogens with zero attached hydrogens (tertiary/aromatic N) is 1. The Hall–Kier alpha value is -2.36. The molecule has 1 aromatic carbocycles. The molecule has 2 N–H and O–H groups in total. The van der Waals surface area contributed by atoms with E-state index in [-0.39, 0.29) is 5.91 Å². The molecule has 4 nitrogen and oxygen atoms in total. The van der Waals surface area contributed by atoms with Crippen molar-refractivity contribution in [1.82, 2.24) is 4.98 Å². The minimum absolute atomic E-state index is 0.107. The molecule has 0 bridgehead atoms. The highest BCUT2D eigenvalue weighted by Gasteiger charge is 2.12. The van der Waals surface area contributed by atoms with Crippen LogP contribution in [0.15, 0.2) is 36.5 Å². The SMILES string of the molecule is CCc1cccc(CC)c1NC(=O)c1ccnc(NC)c1. The molecular formula is C17H21N3O. The molecular weight excluding hydrogens is 262 g/mol. The molecule has 0 spiro atoms. The first-order valence-corrected chi connectivity index (χ1v) is 7.25. The minimum atomic E-state index is -0.107. The standard InChI is InChI=1S/C17H21N3O/c1-4-12-7-6-8-13(5-2)16(12)20-17(21)14-9-10-19-15(11-14)18-3/h6-11H,4-5H2,1-3H3,(H,18,19)(H,20,21). The molecule has 0 atom stereocenters. The summed E-state index contributed by atoms with van der Waals surface area (Å²) < 4.78 is 0. The Morgan fingerprint density at radius 3 is 2.38 bits per heavy atom. The van der Waals surface area contributed by atoms with Crippen LogP contribution >= 0.6 is 0 Å². The van der Waals surface area contributed by atoms with Gasteiger partial charge in [-0.05, 0) is 36.1 Å². The molecule has 4 heteroatoms. The lowest BCUT2D eigenvalue weighted by Crippen LogP contribution is -2.15. The topological polar surface area (TPSA) is 54.0 Å². The van der Waals surface area contributed by atoms with Crippen LogP contribution in [-0.4, -0.2) is 17.9 Å². The molecule has 21 heavy (non-hydrogen) atoms. The summed E-state index contributed by atoms with van der Waals surface area (Å²) in [6, 6.07) is 9.62. The summed E-state index contributed by atoms with van der Waals surface area (Å²) in [5.74, 6) is 0.576. The number of hydrogen-bond acceptors (Lipinski definition) is 3. The third kappa shape index (κ3) is 3.40. The molecule has 110 valence electrons. The summed E-state index contributed by atoms with van der Waals surface area (Å²) in [6.07, 6.45) is 3.41. The largest absolute Gasteiger partial charge is 0.373 e. The predicted octanol–water partition coefficient (Wildman–Crippen LogP) is 3.50. The van der Waals surface area contributed by atoms with Crippen LogP contribution in [0.2, 0.25) is 0 Å². The first-order valence-electron chi connectivity index (χ1n) is 7.25. The highest BCUT2D eigenvalue weighted by molar-refractivity contribution is 6.05. The molecule has 0 saturated carbocycles. The lowest BCUT2D eigenvalue weighted by atomic mass is 10.0. The van der Waals surface area contributed by atoms with Crippen LogP contribution in [0.4, 0.5) is 11.5 Å². The first kappa shape index (κ1) is 15.0. The van der Waals surface area contributed by atoms with Gasteiger partial charge in [-0.1, -0.05) is 32.0 Å². The smallest absolute Gasteiger partial charge is 0.255 e. The summed E-state index contributed by atoms with van der Waals surface area (Å²) >= 11 is 0. The Morgan fingerprint density at radius 1 is 1.14 bits per heavy atom. The lowest BCUT2D eigenvalue weighted by Gasteiger charge is -2.14. The summed E-state index contributed by atoms with van der Waals surface area (Å²) in [4.78, 5) is 16.6. The van der Waals surface area contributed by atoms with E-state index in [1.165, 1.54) is 0 Å². The zero-order valence-corrected chi connectivity index (χ0v) is 12.7. The zero-order valence-electron chi connectivity index (χ0n) is 12.7. The van der Waals surface area contributed by atoms with Gasteiger partial charge in [0.25, 0.3) is 5.91 Å². The van der Waals surface area contributed by atoms with E-state index in [4.69, 9.17) is 0 Å². The van der Waals surface area contributed by atoms with E-state index in [0.29, 0.717) is 11.4 Å². The van der Waals surface area contributed by atoms with Gasteiger partial charge in [0.2, 0.25) is 0 Å². The number of carbonyl (C=O) groups excluding carboxylic acids is 1. The average molecular weight is 283 g/mol. The number of rotatable bonds is 5. The number of para-hydroxylation sites is 1. The fraction of sp³-hybridized carbons (Fsp3) is 0.294. The van der Waals surface area contributed by atoms with E-state index in [0.717, 1.165) is 29.7 Å². The number of aryl methyl sites for hydroxylation is 2. The maximum atomic E-state index is 12.5. The van der Waals surface area contributed by atoms with Gasteiger partial charge in [0.05, 0.1) is 0 Å². The molecule has 1 amide bonds. The summed E-state index contributed by atoms with van der Waals surface area (Å²) in [5.41, 5.74) is 3.86. The second-order valence-corrected chi connectivity index (χ2v) is 4.79. The van der Waals surface area contributed by atoms with Crippen molar-refractivity contribution in [2.24, 2.45) is 0 Å². The third-order valence-electron chi connectivity index (χ3n) is 3.52. The molecule has 0 fully saturated rings. The molecule has 2 aromatic rings. The minimum Gasteiger partial charge on any atom is -0.373 e. The van der Waals surface area contributed by atoms with E-state index in [2.05, 4.69) is 41.6 Å². The highest BCUT2D eigenvalue weighted by Crippen LogP contribution is 2.23. The van der Waals surface area contributed by atoms with Gasteiger partial charge >= 0.3 is 0 Å². The summed E-state index contributed by atoms with van der Waals surface area (Å²) in [5, 5.41) is 5.99. The number of anilines is 2. The van der Waals surface area contributed by atoms with E-state index in [9.17, 15) is 4.79 Å². The molecule has 0 aliphatic rings. The highest BCUT2D eigenvalue weighted by atomic mass is 16.1. The van der Waals surface area contributed by atoms with Crippen molar-refractivity contribution in [3.05, 3.63) is 53.2 Å². The van der Waals surface area contributed by atoms with Gasteiger partial charge in [-0.2, -0.15) is 0 Å². The zero-order chi connectivity index (χ0) is 15.2. The van der Waals surface area contributed by atoms with Crippen LogP contribution in [0.5, 0.6) is 0 Å². The predicted molar refractivity (Wildman–Crippen MR) is 86.9 cm³/mol. The molecule has 0 aliphatic heterocycles. The quantitative estimate of drug-likeness (QED) is 0.883. The summed E-state index contributed by atoms with van der Waals surface area (Å²) in [7, 11) is 1.78. The molecule has 1 aromatic heterocycles. The van der Waals surface area contributed by atoms with Crippen molar-refractivity contribution in [2.75, 3.05) is 17.7 Å². The van der Waals surface area contributed by atoms with Crippen LogP contribution in [0.3, 0.4) is 0 Å². The van der Waals surface area contributed by atoms with Crippen LogP contribution in [0.25, 0.3) is 0 Å². The van der Waals surface area contributed by atoms with Gasteiger partial charge in [0.1, 0.15) is 5.82 Å². The normalized spacial score (nSPS) is 10.2. The van der Waals surface area contributed by atoms with Crippen molar-refractivity contribution in [2.45, 2.75) is 26.7 Å². The van der Waals surface area contributed by atoms with Crippen molar-refractivity contribution < 1.29 is 4.79 Å². The van der Waals surface area contributed by atoms with Crippen molar-refractivity contribution in [1.29, 1.82) is 0 Å². The number of nitrogens with one attached hydrogen (secondary N) is 2. The van der Waals surface area contributed by atoms with Crippen LogP contribution < -0.4 is 10.6 Å². The number of aromatic nitrogens is 1. The number of amides is 1. The van der Waals surface area contributed by atoms with Crippen LogP contribution in [0.1, 0.15) is 35.3 Å². The van der Waals surface area contributed by atoms with E-state index < -0.39 is 0 Å². The van der Waals surface area contributed by atoms with Gasteiger partial charge in [0.15, 0.2) is 0 Å². The maximum absolute atomic E-state index is 12.5. The maximum Gasteiger partial charge on any atom is 0.255 e. The average Bonchev–Trinajstić information content (AvgIpc) is 2.54. The number of hydrogen-bond donors (Lipinski definition) is 2. The third-order valence-corrected chi connectivity index (χ3v) is 3.52. The van der Waals surface area contributed by atoms with Crippen molar-refractivity contribution in [3.63, 3.8) is 0 Å². The molecule has 0 saturated heterocycles. The van der Waals surface area contributed by atoms with E-state index in [1.54, 1.807) is 25.4 Å². The Bertz CT molecular complexity index is 615. The van der Waals surface area contributed by atoms with Gasteiger partial charge in [-0.25, -0.2) is 4.98 Å². The molecule has 1 heterocycles. The fourth-order valence-electron chi connectivity index (χ4n) is 2.30. The van der Waals surface area contributed by atoms with E-state index >= 15 is 0 Å². The van der Waals surface area contributed by atoms with Crippen molar-refractivity contribution in [3.8, 4) is 0 Å². The molecule has 0 unspecified atom stereocenters. The molecule has 2 rings (SSSR count). The van der Waals surface area contributed by atoms with Crippen LogP contribution in [-0.2, 0) is 12.8 Å². The number of pyridine rings is 1. The number of benzene rings is 1. The Morgan fingerprint density at radius 2 is 1.81 bits per heavy atom. The monoisotopic (exact) mass is 283 g/mol. The van der Waals surface area contributed by atoms with Gasteiger partial charge in [-0.15, -0.1) is 0 Å². The lowest BCUT2D eigenvalue weighted by molar-refractivity contribution is 0.102. The van der Waals surface area contributed by atoms with Crippen molar-refractivity contribution >= 4 is 17.4 Å². The second-order valence-electron chi connectivity index (χ2n) is 4.79. The van der Waals surface area contributed by atoms with E-state index in [1.807, 2.05) is 6.07 Å². The van der Waals surface area contributed by atoms with Gasteiger partial charge in [0, 0.05) is 24.5 Å². The second kappa shape index (κ2) is 6.88. The van der Waals surface area contributed by atoms with Gasteiger partial charge < -0.3 is 10.6 Å². The first-order chi connectivity index (χ1) is 10.2. The fourth-order valence-corrected chi connectivity index (χ4v) is 2.30. The number of carbonyl (C=O) groups is 1. The molecule has 0 radical (unpaired) electrons. The Kier molecular flexibility index (Phi) is 4.93. The Balaban J connectivity index is 2.30. The van der Waals surface area contributed by atoms with Crippen LogP contribution in [0, 0.1) is 0 Å².